The van der Waals surface area contributed by atoms with Gasteiger partial charge >= 0.3 is 0 Å². The first-order chi connectivity index (χ1) is 17.7. The van der Waals surface area contributed by atoms with Gasteiger partial charge < -0.3 is 26.0 Å². The molecule has 37 heavy (non-hydrogen) atoms. The number of hydrogen-bond acceptors (Lipinski definition) is 10. The molecular formula is C27H32N6O3S. The highest BCUT2D eigenvalue weighted by Crippen LogP contribution is 2.41. The number of aliphatic hydroxyl groups excluding tert-OH is 2. The number of pyridine rings is 1. The van der Waals surface area contributed by atoms with Crippen molar-refractivity contribution in [2.75, 3.05) is 17.2 Å². The molecule has 5 rings (SSSR count). The average molecular weight is 521 g/mol. The molecular weight excluding hydrogens is 488 g/mol. The van der Waals surface area contributed by atoms with E-state index in [0.29, 0.717) is 34.5 Å². The molecule has 0 spiro atoms. The number of aryl methyl sites for hydroxylation is 3. The van der Waals surface area contributed by atoms with Crippen LogP contribution in [0.4, 0.5) is 11.8 Å². The maximum Gasteiger partial charge on any atom is 0.225 e. The van der Waals surface area contributed by atoms with E-state index < -0.39 is 17.7 Å². The maximum atomic E-state index is 11.4. The molecule has 10 heteroatoms. The van der Waals surface area contributed by atoms with Crippen LogP contribution in [-0.4, -0.2) is 53.7 Å². The Hall–Kier alpha value is -3.18. The molecule has 0 radical (unpaired) electrons. The third kappa shape index (κ3) is 4.89. The van der Waals surface area contributed by atoms with Crippen LogP contribution in [-0.2, 0) is 0 Å². The third-order valence-electron chi connectivity index (χ3n) is 7.12. The van der Waals surface area contributed by atoms with Crippen LogP contribution < -0.4 is 10.6 Å². The van der Waals surface area contributed by atoms with E-state index in [0.717, 1.165) is 21.5 Å². The second-order valence-corrected chi connectivity index (χ2v) is 10.9. The summed E-state index contributed by atoms with van der Waals surface area (Å²) in [5.41, 5.74) is 3.60. The summed E-state index contributed by atoms with van der Waals surface area (Å²) < 4.78 is 0.989. The summed E-state index contributed by atoms with van der Waals surface area (Å²) in [5, 5.41) is 39.0. The van der Waals surface area contributed by atoms with E-state index in [1.54, 1.807) is 6.20 Å². The van der Waals surface area contributed by atoms with E-state index in [1.807, 2.05) is 33.8 Å². The summed E-state index contributed by atoms with van der Waals surface area (Å²) in [7, 11) is 0. The van der Waals surface area contributed by atoms with Crippen LogP contribution in [0.1, 0.15) is 48.3 Å². The Kier molecular flexibility index (Phi) is 6.84. The zero-order valence-electron chi connectivity index (χ0n) is 21.4. The number of aliphatic hydroxyl groups is 3. The van der Waals surface area contributed by atoms with Crippen LogP contribution in [0.15, 0.2) is 36.5 Å². The van der Waals surface area contributed by atoms with Gasteiger partial charge in [0.2, 0.25) is 5.95 Å². The minimum Gasteiger partial charge on any atom is -0.396 e. The number of benzene rings is 1. The smallest absolute Gasteiger partial charge is 0.225 e. The number of nitrogens with zero attached hydrogens (tertiary/aromatic N) is 4. The molecule has 0 amide bonds. The fraction of sp³-hybridized carbons (Fsp3) is 0.407. The second kappa shape index (κ2) is 9.94. The van der Waals surface area contributed by atoms with Gasteiger partial charge in [-0.25, -0.2) is 9.97 Å². The van der Waals surface area contributed by atoms with E-state index in [9.17, 15) is 15.3 Å². The van der Waals surface area contributed by atoms with Crippen LogP contribution in [0.2, 0.25) is 0 Å². The average Bonchev–Trinajstić information content (AvgIpc) is 3.41. The van der Waals surface area contributed by atoms with Gasteiger partial charge in [0.15, 0.2) is 5.72 Å². The van der Waals surface area contributed by atoms with Gasteiger partial charge in [-0.15, -0.1) is 11.3 Å². The highest BCUT2D eigenvalue weighted by Gasteiger charge is 2.47. The lowest BCUT2D eigenvalue weighted by atomic mass is 10.0. The van der Waals surface area contributed by atoms with Crippen LogP contribution in [0, 0.1) is 26.7 Å². The molecule has 0 aliphatic heterocycles. The molecule has 0 bridgehead atoms. The van der Waals surface area contributed by atoms with E-state index in [2.05, 4.69) is 39.9 Å². The van der Waals surface area contributed by atoms with E-state index in [4.69, 9.17) is 15.0 Å². The predicted molar refractivity (Wildman–Crippen MR) is 146 cm³/mol. The summed E-state index contributed by atoms with van der Waals surface area (Å²) in [6, 6.07) is 10.1. The Morgan fingerprint density at radius 1 is 1.08 bits per heavy atom. The number of aromatic nitrogens is 4. The molecule has 9 nitrogen and oxygen atoms in total. The van der Waals surface area contributed by atoms with Crippen LogP contribution in [0.25, 0.3) is 20.8 Å². The zero-order chi connectivity index (χ0) is 26.3. The summed E-state index contributed by atoms with van der Waals surface area (Å²) in [6.07, 6.45) is 1.37. The van der Waals surface area contributed by atoms with Crippen LogP contribution in [0.3, 0.4) is 0 Å². The van der Waals surface area contributed by atoms with Gasteiger partial charge in [-0.2, -0.15) is 4.98 Å². The Morgan fingerprint density at radius 2 is 1.84 bits per heavy atom. The van der Waals surface area contributed by atoms with Crippen molar-refractivity contribution in [2.45, 2.75) is 58.4 Å². The first-order valence-electron chi connectivity index (χ1n) is 12.4. The number of thiazole rings is 1. The van der Waals surface area contributed by atoms with Crippen molar-refractivity contribution in [1.82, 2.24) is 19.9 Å². The van der Waals surface area contributed by atoms with E-state index in [1.165, 1.54) is 16.9 Å². The molecule has 1 aliphatic carbocycles. The van der Waals surface area contributed by atoms with Gasteiger partial charge in [-0.05, 0) is 52.2 Å². The lowest BCUT2D eigenvalue weighted by Crippen LogP contribution is -2.48. The van der Waals surface area contributed by atoms with Crippen molar-refractivity contribution in [3.8, 4) is 10.6 Å². The molecule has 5 N–H and O–H groups in total. The standard InChI is InChI=1S/C27H32N6O3S/c1-14-5-7-18(8-6-14)15(2)29-26-30-16(3)21(25-31-22-17(4)28-12-10-20(22)37-25)24(32-26)33-27(36)11-9-19(13-34)23(27)35/h5-8,10,12,15,19,23,34-36H,9,11,13H2,1-4H3,(H2,29,30,32,33). The Balaban J connectivity index is 1.57. The third-order valence-corrected chi connectivity index (χ3v) is 8.16. The van der Waals surface area contributed by atoms with Gasteiger partial charge in [-0.3, -0.25) is 4.98 Å². The highest BCUT2D eigenvalue weighted by molar-refractivity contribution is 7.21. The summed E-state index contributed by atoms with van der Waals surface area (Å²) in [5.74, 6) is 0.348. The molecule has 1 fully saturated rings. The number of anilines is 2. The minimum atomic E-state index is -1.64. The largest absolute Gasteiger partial charge is 0.396 e. The topological polar surface area (TPSA) is 136 Å². The molecule has 0 saturated heterocycles. The quantitative estimate of drug-likeness (QED) is 0.228. The van der Waals surface area contributed by atoms with Crippen LogP contribution in [0.5, 0.6) is 0 Å². The van der Waals surface area contributed by atoms with Crippen LogP contribution >= 0.6 is 11.3 Å². The summed E-state index contributed by atoms with van der Waals surface area (Å²) in [4.78, 5) is 18.7. The molecule has 1 saturated carbocycles. The molecule has 4 aromatic rings. The second-order valence-electron chi connectivity index (χ2n) is 9.87. The zero-order valence-corrected chi connectivity index (χ0v) is 22.2. The maximum absolute atomic E-state index is 11.4. The molecule has 1 aliphatic rings. The van der Waals surface area contributed by atoms with Crippen molar-refractivity contribution in [3.05, 3.63) is 59.0 Å². The molecule has 3 aromatic heterocycles. The fourth-order valence-corrected chi connectivity index (χ4v) is 5.95. The van der Waals surface area contributed by atoms with E-state index in [-0.39, 0.29) is 19.1 Å². The minimum absolute atomic E-state index is 0.0613. The first kappa shape index (κ1) is 25.5. The van der Waals surface area contributed by atoms with Gasteiger partial charge in [0.1, 0.15) is 22.4 Å². The van der Waals surface area contributed by atoms with E-state index >= 15 is 0 Å². The van der Waals surface area contributed by atoms with Gasteiger partial charge in [0.05, 0.1) is 27.7 Å². The van der Waals surface area contributed by atoms with Crippen molar-refractivity contribution in [1.29, 1.82) is 0 Å². The SMILES string of the molecule is Cc1ccc(C(C)Nc2nc(C)c(-c3nc4c(C)nccc4s3)c(NC3(O)CCC(CO)C3O)n2)cc1. The number of nitrogens with one attached hydrogen (secondary N) is 2. The Morgan fingerprint density at radius 3 is 2.51 bits per heavy atom. The Bertz CT molecular complexity index is 1430. The Labute approximate surface area is 219 Å². The van der Waals surface area contributed by atoms with Crippen molar-refractivity contribution in [3.63, 3.8) is 0 Å². The monoisotopic (exact) mass is 520 g/mol. The van der Waals surface area contributed by atoms with Gasteiger partial charge in [-0.1, -0.05) is 29.8 Å². The number of rotatable bonds is 7. The number of fused-ring (bicyclic) bond motifs is 1. The molecule has 194 valence electrons. The molecule has 1 aromatic carbocycles. The van der Waals surface area contributed by atoms with Gasteiger partial charge in [0.25, 0.3) is 0 Å². The lowest BCUT2D eigenvalue weighted by Gasteiger charge is -2.31. The molecule has 3 heterocycles. The summed E-state index contributed by atoms with van der Waals surface area (Å²) >= 11 is 1.50. The summed E-state index contributed by atoms with van der Waals surface area (Å²) in [6.45, 7) is 7.68. The van der Waals surface area contributed by atoms with Crippen molar-refractivity contribution >= 4 is 33.3 Å². The molecule has 4 atom stereocenters. The van der Waals surface area contributed by atoms with Crippen molar-refractivity contribution < 1.29 is 15.3 Å². The number of hydrogen-bond donors (Lipinski definition) is 5. The first-order valence-corrected chi connectivity index (χ1v) is 13.2. The normalized spacial score (nSPS) is 22.4. The predicted octanol–water partition coefficient (Wildman–Crippen LogP) is 4.11. The highest BCUT2D eigenvalue weighted by atomic mass is 32.1. The van der Waals surface area contributed by atoms with Gasteiger partial charge in [0, 0.05) is 18.7 Å². The molecule has 4 unspecified atom stereocenters. The van der Waals surface area contributed by atoms with Crippen molar-refractivity contribution in [2.24, 2.45) is 5.92 Å². The lowest BCUT2D eigenvalue weighted by molar-refractivity contribution is -0.0545. The fourth-order valence-electron chi connectivity index (χ4n) is 4.84.